The molecular formula is C12H12F2N2S. The number of hydrogen-bond donors (Lipinski definition) is 1. The molecule has 0 aliphatic rings. The molecule has 1 aromatic heterocycles. The Hall–Kier alpha value is -1.33. The lowest BCUT2D eigenvalue weighted by Crippen LogP contribution is -2.19. The fourth-order valence-corrected chi connectivity index (χ4v) is 2.68. The van der Waals surface area contributed by atoms with E-state index in [4.69, 9.17) is 0 Å². The Balaban J connectivity index is 2.49. The van der Waals surface area contributed by atoms with Gasteiger partial charge in [-0.2, -0.15) is 0 Å². The molecule has 5 heteroatoms. The van der Waals surface area contributed by atoms with Crippen LogP contribution < -0.4 is 5.32 Å². The van der Waals surface area contributed by atoms with E-state index in [9.17, 15) is 8.78 Å². The molecule has 0 saturated carbocycles. The third kappa shape index (κ3) is 2.35. The Labute approximate surface area is 102 Å². The van der Waals surface area contributed by atoms with Crippen LogP contribution >= 0.6 is 11.3 Å². The van der Waals surface area contributed by atoms with Gasteiger partial charge in [-0.3, -0.25) is 0 Å². The third-order valence-corrected chi connectivity index (χ3v) is 3.60. The van der Waals surface area contributed by atoms with Crippen LogP contribution in [-0.4, -0.2) is 12.0 Å². The van der Waals surface area contributed by atoms with Gasteiger partial charge in [0, 0.05) is 10.4 Å². The van der Waals surface area contributed by atoms with Crippen LogP contribution in [0, 0.1) is 18.6 Å². The molecule has 0 bridgehead atoms. The Morgan fingerprint density at radius 1 is 1.35 bits per heavy atom. The number of hydrogen-bond acceptors (Lipinski definition) is 3. The molecule has 1 heterocycles. The van der Waals surface area contributed by atoms with E-state index < -0.39 is 11.6 Å². The van der Waals surface area contributed by atoms with Gasteiger partial charge >= 0.3 is 0 Å². The molecule has 0 aliphatic carbocycles. The molecule has 0 spiro atoms. The minimum atomic E-state index is -0.441. The van der Waals surface area contributed by atoms with Crippen molar-refractivity contribution < 1.29 is 8.78 Å². The maximum Gasteiger partial charge on any atom is 0.128 e. The first kappa shape index (κ1) is 12.1. The predicted molar refractivity (Wildman–Crippen MR) is 64.1 cm³/mol. The molecule has 0 saturated heterocycles. The lowest BCUT2D eigenvalue weighted by molar-refractivity contribution is 0.559. The zero-order valence-corrected chi connectivity index (χ0v) is 10.3. The molecule has 0 amide bonds. The average molecular weight is 254 g/mol. The molecule has 0 radical (unpaired) electrons. The summed E-state index contributed by atoms with van der Waals surface area (Å²) in [6.07, 6.45) is 0. The van der Waals surface area contributed by atoms with E-state index >= 15 is 0 Å². The van der Waals surface area contributed by atoms with Gasteiger partial charge in [0.25, 0.3) is 0 Å². The second kappa shape index (κ2) is 4.89. The largest absolute Gasteiger partial charge is 0.309 e. The smallest absolute Gasteiger partial charge is 0.128 e. The molecule has 2 nitrogen and oxygen atoms in total. The van der Waals surface area contributed by atoms with Crippen molar-refractivity contribution in [1.29, 1.82) is 0 Å². The van der Waals surface area contributed by atoms with E-state index in [2.05, 4.69) is 10.3 Å². The third-order valence-electron chi connectivity index (χ3n) is 2.60. The van der Waals surface area contributed by atoms with Crippen LogP contribution in [0.3, 0.4) is 0 Å². The van der Waals surface area contributed by atoms with Crippen LogP contribution in [0.2, 0.25) is 0 Å². The van der Waals surface area contributed by atoms with E-state index in [1.807, 2.05) is 6.92 Å². The maximum atomic E-state index is 13.7. The number of aryl methyl sites for hydroxylation is 1. The first-order valence-electron chi connectivity index (χ1n) is 5.15. The Morgan fingerprint density at radius 2 is 2.12 bits per heavy atom. The van der Waals surface area contributed by atoms with Crippen molar-refractivity contribution in [2.24, 2.45) is 0 Å². The first-order chi connectivity index (χ1) is 8.13. The van der Waals surface area contributed by atoms with Gasteiger partial charge in [0.1, 0.15) is 11.6 Å². The summed E-state index contributed by atoms with van der Waals surface area (Å²) in [5.41, 5.74) is 2.84. The summed E-state index contributed by atoms with van der Waals surface area (Å²) in [5.74, 6) is -0.859. The molecule has 17 heavy (non-hydrogen) atoms. The van der Waals surface area contributed by atoms with Gasteiger partial charge in [-0.1, -0.05) is 0 Å². The van der Waals surface area contributed by atoms with Crippen LogP contribution in [0.5, 0.6) is 0 Å². The number of halogens is 2. The van der Waals surface area contributed by atoms with Gasteiger partial charge in [0.2, 0.25) is 0 Å². The monoisotopic (exact) mass is 254 g/mol. The SMILES string of the molecule is CNC(c1cc(F)ccc1F)c1scnc1C. The maximum absolute atomic E-state index is 13.7. The number of aromatic nitrogens is 1. The van der Waals surface area contributed by atoms with E-state index in [1.165, 1.54) is 17.4 Å². The fraction of sp³-hybridized carbons (Fsp3) is 0.250. The highest BCUT2D eigenvalue weighted by Gasteiger charge is 2.20. The minimum absolute atomic E-state index is 0.305. The van der Waals surface area contributed by atoms with Crippen molar-refractivity contribution in [3.63, 3.8) is 0 Å². The number of nitrogens with one attached hydrogen (secondary N) is 1. The van der Waals surface area contributed by atoms with Gasteiger partial charge in [0.05, 0.1) is 17.2 Å². The second-order valence-corrected chi connectivity index (χ2v) is 4.58. The lowest BCUT2D eigenvalue weighted by atomic mass is 10.0. The summed E-state index contributed by atoms with van der Waals surface area (Å²) < 4.78 is 26.9. The van der Waals surface area contributed by atoms with Crippen molar-refractivity contribution >= 4 is 11.3 Å². The number of rotatable bonds is 3. The molecule has 2 rings (SSSR count). The average Bonchev–Trinajstić information content (AvgIpc) is 2.71. The molecule has 0 aliphatic heterocycles. The van der Waals surface area contributed by atoms with Crippen LogP contribution in [0.15, 0.2) is 23.7 Å². The zero-order chi connectivity index (χ0) is 12.4. The first-order valence-corrected chi connectivity index (χ1v) is 6.03. The van der Waals surface area contributed by atoms with Crippen molar-refractivity contribution in [2.75, 3.05) is 7.05 Å². The molecule has 2 aromatic rings. The summed E-state index contributed by atoms with van der Waals surface area (Å²) in [6.45, 7) is 1.85. The highest BCUT2D eigenvalue weighted by Crippen LogP contribution is 2.29. The van der Waals surface area contributed by atoms with Crippen LogP contribution in [0.4, 0.5) is 8.78 Å². The van der Waals surface area contributed by atoms with Crippen LogP contribution in [-0.2, 0) is 0 Å². The van der Waals surface area contributed by atoms with Gasteiger partial charge in [-0.25, -0.2) is 13.8 Å². The quantitative estimate of drug-likeness (QED) is 0.910. The Kier molecular flexibility index (Phi) is 3.49. The van der Waals surface area contributed by atoms with Gasteiger partial charge in [-0.05, 0) is 32.2 Å². The predicted octanol–water partition coefficient (Wildman–Crippen LogP) is 3.04. The minimum Gasteiger partial charge on any atom is -0.309 e. The molecule has 1 atom stereocenters. The van der Waals surface area contributed by atoms with Crippen molar-refractivity contribution in [1.82, 2.24) is 10.3 Å². The molecule has 1 unspecified atom stereocenters. The van der Waals surface area contributed by atoms with Gasteiger partial charge < -0.3 is 5.32 Å². The molecular weight excluding hydrogens is 242 g/mol. The summed E-state index contributed by atoms with van der Waals surface area (Å²) in [7, 11) is 1.72. The number of thiazole rings is 1. The Morgan fingerprint density at radius 3 is 2.71 bits per heavy atom. The highest BCUT2D eigenvalue weighted by atomic mass is 32.1. The molecule has 90 valence electrons. The van der Waals surface area contributed by atoms with Crippen molar-refractivity contribution in [2.45, 2.75) is 13.0 Å². The summed E-state index contributed by atoms with van der Waals surface area (Å²) in [5, 5.41) is 2.99. The summed E-state index contributed by atoms with van der Waals surface area (Å²) in [4.78, 5) is 5.03. The van der Waals surface area contributed by atoms with E-state index in [0.717, 1.165) is 22.7 Å². The van der Waals surface area contributed by atoms with Gasteiger partial charge in [0.15, 0.2) is 0 Å². The lowest BCUT2D eigenvalue weighted by Gasteiger charge is -2.16. The molecule has 1 N–H and O–H groups in total. The summed E-state index contributed by atoms with van der Waals surface area (Å²) in [6, 6.07) is 3.12. The summed E-state index contributed by atoms with van der Waals surface area (Å²) >= 11 is 1.43. The topological polar surface area (TPSA) is 24.9 Å². The highest BCUT2D eigenvalue weighted by molar-refractivity contribution is 7.09. The van der Waals surface area contributed by atoms with Gasteiger partial charge in [-0.15, -0.1) is 11.3 Å². The zero-order valence-electron chi connectivity index (χ0n) is 9.50. The molecule has 1 aromatic carbocycles. The Bertz CT molecular complexity index is 525. The van der Waals surface area contributed by atoms with Crippen molar-refractivity contribution in [3.8, 4) is 0 Å². The van der Waals surface area contributed by atoms with Crippen LogP contribution in [0.25, 0.3) is 0 Å². The standard InChI is InChI=1S/C12H12F2N2S/c1-7-12(17-6-16-7)11(15-2)9-5-8(13)3-4-10(9)14/h3-6,11,15H,1-2H3. The van der Waals surface area contributed by atoms with E-state index in [1.54, 1.807) is 12.6 Å². The van der Waals surface area contributed by atoms with Crippen molar-refractivity contribution in [3.05, 3.63) is 51.5 Å². The normalized spacial score (nSPS) is 12.7. The number of nitrogens with zero attached hydrogens (tertiary/aromatic N) is 1. The van der Waals surface area contributed by atoms with E-state index in [-0.39, 0.29) is 6.04 Å². The second-order valence-electron chi connectivity index (χ2n) is 3.69. The van der Waals surface area contributed by atoms with E-state index in [0.29, 0.717) is 5.56 Å². The van der Waals surface area contributed by atoms with Crippen LogP contribution in [0.1, 0.15) is 22.2 Å². The number of benzene rings is 1. The fourth-order valence-electron chi connectivity index (χ4n) is 1.75. The molecule has 0 fully saturated rings.